The third kappa shape index (κ3) is 15.1. The zero-order valence-corrected chi connectivity index (χ0v) is 46.3. The second-order valence-corrected chi connectivity index (χ2v) is 19.8. The van der Waals surface area contributed by atoms with Crippen LogP contribution in [0.2, 0.25) is 5.15 Å². The van der Waals surface area contributed by atoms with Gasteiger partial charge >= 0.3 is 7.12 Å². The van der Waals surface area contributed by atoms with E-state index in [4.69, 9.17) is 58.2 Å². The van der Waals surface area contributed by atoms with E-state index in [9.17, 15) is 5.26 Å². The fourth-order valence-electron chi connectivity index (χ4n) is 8.27. The fraction of sp³-hybridized carbons (Fsp3) is 0.368. The number of hydrogen-bond acceptors (Lipinski definition) is 17. The Bertz CT molecular complexity index is 3290. The number of nitrogen functional groups attached to an aromatic ring is 2. The van der Waals surface area contributed by atoms with Gasteiger partial charge < -0.3 is 46.7 Å². The van der Waals surface area contributed by atoms with Gasteiger partial charge in [0.25, 0.3) is 0 Å². The molecule has 18 nitrogen and oxygen atoms in total. The topological polar surface area (TPSA) is 296 Å². The Labute approximate surface area is 456 Å². The van der Waals surface area contributed by atoms with Gasteiger partial charge in [-0.15, -0.1) is 5.10 Å². The molecule has 1 aliphatic heterocycles. The Hall–Kier alpha value is -7.67. The molecule has 0 aliphatic carbocycles. The molecule has 0 saturated carbocycles. The lowest BCUT2D eigenvalue weighted by Crippen LogP contribution is -2.41. The summed E-state index contributed by atoms with van der Waals surface area (Å²) in [5.74, 6) is 0. The largest absolute Gasteiger partial charge is 0.494 e. The molecule has 3 aromatic carbocycles. The van der Waals surface area contributed by atoms with E-state index in [0.717, 1.165) is 77.5 Å². The highest BCUT2D eigenvalue weighted by atomic mass is 35.5. The van der Waals surface area contributed by atoms with E-state index in [-0.39, 0.29) is 60.4 Å². The summed E-state index contributed by atoms with van der Waals surface area (Å²) >= 11 is 5.62. The van der Waals surface area contributed by atoms with Gasteiger partial charge in [0, 0.05) is 58.2 Å². The summed E-state index contributed by atoms with van der Waals surface area (Å²) in [5, 5.41) is 67.9. The highest BCUT2D eigenvalue weighted by Crippen LogP contribution is 2.37. The van der Waals surface area contributed by atoms with Crippen LogP contribution in [0.3, 0.4) is 0 Å². The Balaban J connectivity index is 0.000000194. The van der Waals surface area contributed by atoms with Crippen molar-refractivity contribution in [3.63, 3.8) is 0 Å². The molecule has 0 unspecified atom stereocenters. The predicted molar refractivity (Wildman–Crippen MR) is 305 cm³/mol. The maximum atomic E-state index is 9.30. The van der Waals surface area contributed by atoms with Crippen molar-refractivity contribution in [3.8, 4) is 40.7 Å². The van der Waals surface area contributed by atoms with Crippen LogP contribution in [0, 0.1) is 54.8 Å². The molecule has 1 saturated heterocycles. The lowest BCUT2D eigenvalue weighted by Gasteiger charge is -2.32. The molecule has 0 bridgehead atoms. The molecule has 7 aromatic rings. The molecule has 77 heavy (non-hydrogen) atoms. The number of rotatable bonds is 14. The Kier molecular flexibility index (Phi) is 21.4. The molecule has 0 radical (unpaired) electrons. The number of benzene rings is 3. The molecular formula is C57H69BClN13O5. The lowest BCUT2D eigenvalue weighted by molar-refractivity contribution is 0.00578. The number of nitrogens with zero attached hydrogens (tertiary/aromatic N) is 9. The van der Waals surface area contributed by atoms with Gasteiger partial charge in [0.2, 0.25) is 0 Å². The van der Waals surface area contributed by atoms with Crippen LogP contribution in [0.25, 0.3) is 33.5 Å². The van der Waals surface area contributed by atoms with Gasteiger partial charge in [-0.1, -0.05) is 59.3 Å². The maximum Gasteiger partial charge on any atom is 0.494 e. The number of aliphatic hydroxyl groups is 3. The van der Waals surface area contributed by atoms with E-state index in [1.54, 1.807) is 31.9 Å². The van der Waals surface area contributed by atoms with E-state index in [1.807, 2.05) is 62.4 Å². The number of aryl methyl sites for hydroxylation is 7. The first-order chi connectivity index (χ1) is 36.7. The zero-order valence-electron chi connectivity index (χ0n) is 45.6. The normalized spacial score (nSPS) is 12.9. The molecular weight excluding hydrogens is 993 g/mol. The standard InChI is InChI=1S/C17H17N5O.C17H20N4O.C16H25BO3.C7H7ClN4/c1-11-8-13(6-5-12(11)4-3-7-23)14-9-16-17(15(10-18)19-14)20-21-22(16)2;1-11-8-13(6-5-12(11)4-3-7-22)14-9-15(20-2)17(19)16(10-18)21-14;1-12-11-14(9-8-13(12)7-6-10-18)17-19-15(2,3)16(4,5)20-17;1-11-4-2-6(8)12-5(3-9)7(4)10/h5-6,8-9,23H,3-4,7H2,1-2H3;5-6,8-9,22H,3-4,7,19H2,1-2H3,(H,20,21);8-9,11,18H,6-7,10H2,1-5H3;2H,10H2,1H3,(H,11,12). The number of aliphatic hydroxyl groups excluding tert-OH is 3. The van der Waals surface area contributed by atoms with Crippen LogP contribution in [0.1, 0.15) is 97.4 Å². The number of halogens is 1. The molecule has 1 fully saturated rings. The number of nitrogens with one attached hydrogen (secondary N) is 2. The number of pyridine rings is 3. The molecule has 4 aromatic heterocycles. The van der Waals surface area contributed by atoms with Crippen molar-refractivity contribution >= 4 is 58.0 Å². The van der Waals surface area contributed by atoms with E-state index in [0.29, 0.717) is 34.0 Å². The number of aromatic nitrogens is 6. The van der Waals surface area contributed by atoms with Crippen LogP contribution in [0.15, 0.2) is 72.8 Å². The van der Waals surface area contributed by atoms with Crippen molar-refractivity contribution in [2.24, 2.45) is 7.05 Å². The van der Waals surface area contributed by atoms with Crippen LogP contribution in [0.4, 0.5) is 22.7 Å². The third-order valence-corrected chi connectivity index (χ3v) is 13.7. The van der Waals surface area contributed by atoms with Crippen LogP contribution in [-0.4, -0.2) is 97.5 Å². The SMILES string of the molecule is CNc1cc(-c2ccc(CCCO)c(C)c2)nc(C#N)c1N.CNc1cc(Cl)nc(C#N)c1N.Cc1cc(-c2cc3c(nnn3C)c(C#N)n2)ccc1CCCO.Cc1cc(B2OC(C)(C)C(C)(C)O2)ccc1CCCO. The molecule has 20 heteroatoms. The molecule has 0 spiro atoms. The number of fused-ring (bicyclic) bond motifs is 1. The molecule has 1 aliphatic rings. The highest BCUT2D eigenvalue weighted by Gasteiger charge is 2.51. The van der Waals surface area contributed by atoms with Crippen LogP contribution in [-0.2, 0) is 35.6 Å². The monoisotopic (exact) mass is 1060 g/mol. The van der Waals surface area contributed by atoms with Gasteiger partial charge in [-0.25, -0.2) is 19.6 Å². The van der Waals surface area contributed by atoms with E-state index >= 15 is 0 Å². The van der Waals surface area contributed by atoms with Crippen molar-refractivity contribution in [2.75, 3.05) is 56.0 Å². The van der Waals surface area contributed by atoms with Crippen LogP contribution < -0.4 is 27.6 Å². The first-order valence-electron chi connectivity index (χ1n) is 25.2. The van der Waals surface area contributed by atoms with Gasteiger partial charge in [-0.05, 0) is 150 Å². The van der Waals surface area contributed by atoms with Gasteiger partial charge in [0.05, 0.1) is 50.9 Å². The van der Waals surface area contributed by atoms with E-state index in [2.05, 4.69) is 107 Å². The molecule has 0 atom stereocenters. The highest BCUT2D eigenvalue weighted by molar-refractivity contribution is 6.62. The summed E-state index contributed by atoms with van der Waals surface area (Å²) in [6.45, 7) is 15.1. The minimum Gasteiger partial charge on any atom is -0.399 e. The molecule has 9 N–H and O–H groups in total. The molecule has 0 amide bonds. The number of nitriles is 3. The average Bonchev–Trinajstić information content (AvgIpc) is 3.90. The lowest BCUT2D eigenvalue weighted by atomic mass is 9.77. The quantitative estimate of drug-likeness (QED) is 0.0400. The Morgan fingerprint density at radius 1 is 0.623 bits per heavy atom. The molecule has 402 valence electrons. The second kappa shape index (κ2) is 27.4. The average molecular weight is 1060 g/mol. The molecule has 5 heterocycles. The maximum absolute atomic E-state index is 9.30. The zero-order chi connectivity index (χ0) is 56.6. The first-order valence-corrected chi connectivity index (χ1v) is 25.6. The number of hydrogen-bond donors (Lipinski definition) is 7. The summed E-state index contributed by atoms with van der Waals surface area (Å²) in [6, 6.07) is 29.8. The summed E-state index contributed by atoms with van der Waals surface area (Å²) in [4.78, 5) is 12.5. The Morgan fingerprint density at radius 2 is 1.05 bits per heavy atom. The first kappa shape index (κ1) is 60.2. The van der Waals surface area contributed by atoms with Gasteiger partial charge in [0.1, 0.15) is 28.9 Å². The van der Waals surface area contributed by atoms with Crippen molar-refractivity contribution in [3.05, 3.63) is 128 Å². The minimum absolute atomic E-state index is 0.145. The summed E-state index contributed by atoms with van der Waals surface area (Å²) < 4.78 is 13.8. The summed E-state index contributed by atoms with van der Waals surface area (Å²) in [6.07, 6.45) is 4.92. The van der Waals surface area contributed by atoms with Gasteiger partial charge in [-0.3, -0.25) is 0 Å². The van der Waals surface area contributed by atoms with Gasteiger partial charge in [0.15, 0.2) is 17.1 Å². The van der Waals surface area contributed by atoms with Gasteiger partial charge in [-0.2, -0.15) is 15.8 Å². The summed E-state index contributed by atoms with van der Waals surface area (Å²) in [5.41, 5.74) is 26.5. The third-order valence-electron chi connectivity index (χ3n) is 13.5. The van der Waals surface area contributed by atoms with Crippen LogP contribution >= 0.6 is 11.6 Å². The van der Waals surface area contributed by atoms with Crippen LogP contribution in [0.5, 0.6) is 0 Å². The predicted octanol–water partition coefficient (Wildman–Crippen LogP) is 8.06. The summed E-state index contributed by atoms with van der Waals surface area (Å²) in [7, 11) is 4.96. The molecule has 8 rings (SSSR count). The van der Waals surface area contributed by atoms with Crippen molar-refractivity contribution < 1.29 is 24.6 Å². The Morgan fingerprint density at radius 3 is 1.49 bits per heavy atom. The van der Waals surface area contributed by atoms with E-state index in [1.165, 1.54) is 22.3 Å². The minimum atomic E-state index is -0.304. The second-order valence-electron chi connectivity index (χ2n) is 19.4. The number of nitrogens with two attached hydrogens (primary N) is 2. The fourth-order valence-corrected chi connectivity index (χ4v) is 8.47. The van der Waals surface area contributed by atoms with Crippen molar-refractivity contribution in [1.82, 2.24) is 29.9 Å². The van der Waals surface area contributed by atoms with Crippen molar-refractivity contribution in [1.29, 1.82) is 15.8 Å². The van der Waals surface area contributed by atoms with E-state index < -0.39 is 0 Å². The number of anilines is 4. The smallest absolute Gasteiger partial charge is 0.399 e. The van der Waals surface area contributed by atoms with Crippen molar-refractivity contribution in [2.45, 2.75) is 98.2 Å².